The molecule has 512 valence electrons. The Morgan fingerprint density at radius 3 is 0.585 bits per heavy atom. The van der Waals surface area contributed by atoms with Crippen LogP contribution in [0.2, 0.25) is 0 Å². The highest BCUT2D eigenvalue weighted by Crippen LogP contribution is 2.48. The first-order valence-corrected chi connectivity index (χ1v) is 37.3. The fourth-order valence-corrected chi connectivity index (χ4v) is 16.7. The molecular formula is C100H82N6. The highest BCUT2D eigenvalue weighted by atomic mass is 15.2. The van der Waals surface area contributed by atoms with Gasteiger partial charge in [-0.15, -0.1) is 0 Å². The third-order valence-corrected chi connectivity index (χ3v) is 22.1. The van der Waals surface area contributed by atoms with Crippen LogP contribution >= 0.6 is 0 Å². The molecule has 19 rings (SSSR count). The van der Waals surface area contributed by atoms with E-state index in [4.69, 9.17) is 0 Å². The Kier molecular flexibility index (Phi) is 17.0. The zero-order valence-electron chi connectivity index (χ0n) is 60.4. The van der Waals surface area contributed by atoms with Crippen molar-refractivity contribution in [1.82, 2.24) is 13.7 Å². The van der Waals surface area contributed by atoms with Gasteiger partial charge in [0.1, 0.15) is 0 Å². The molecule has 1 aliphatic rings. The molecule has 1 aliphatic carbocycles. The maximum Gasteiger partial charge on any atom is 0.0541 e. The molecule has 0 N–H and O–H groups in total. The van der Waals surface area contributed by atoms with Crippen LogP contribution in [0.15, 0.2) is 364 Å². The predicted molar refractivity (Wildman–Crippen MR) is 449 cm³/mol. The Morgan fingerprint density at radius 1 is 0.198 bits per heavy atom. The van der Waals surface area contributed by atoms with Crippen molar-refractivity contribution < 1.29 is 0 Å². The minimum atomic E-state index is 0.00636. The van der Waals surface area contributed by atoms with Crippen LogP contribution in [0.25, 0.3) is 82.5 Å². The summed E-state index contributed by atoms with van der Waals surface area (Å²) in [6, 6.07) is 133. The number of aromatic nitrogens is 3. The molecule has 1 saturated carbocycles. The third-order valence-electron chi connectivity index (χ3n) is 22.1. The number of anilines is 9. The quantitative estimate of drug-likeness (QED) is 0.108. The lowest BCUT2D eigenvalue weighted by Gasteiger charge is -2.39. The number of fused-ring (bicyclic) bond motifs is 9. The first-order valence-electron chi connectivity index (χ1n) is 37.3. The molecule has 106 heavy (non-hydrogen) atoms. The first kappa shape index (κ1) is 65.1. The zero-order chi connectivity index (χ0) is 71.2. The van der Waals surface area contributed by atoms with E-state index in [0.717, 1.165) is 34.1 Å². The molecule has 1 fully saturated rings. The van der Waals surface area contributed by atoms with Gasteiger partial charge in [-0.2, -0.15) is 0 Å². The second kappa shape index (κ2) is 27.7. The molecule has 0 amide bonds. The molecule has 0 spiro atoms. The van der Waals surface area contributed by atoms with Crippen LogP contribution in [0.5, 0.6) is 0 Å². The fraction of sp³-hybridized carbons (Fsp3) is 0.100. The maximum atomic E-state index is 2.40. The van der Waals surface area contributed by atoms with Crippen LogP contribution in [0.4, 0.5) is 51.2 Å². The summed E-state index contributed by atoms with van der Waals surface area (Å²) in [5, 5.41) is 7.56. The molecular weight excluding hydrogens is 1290 g/mol. The third kappa shape index (κ3) is 11.9. The van der Waals surface area contributed by atoms with E-state index in [0.29, 0.717) is 0 Å². The van der Waals surface area contributed by atoms with Crippen molar-refractivity contribution in [3.63, 3.8) is 0 Å². The zero-order valence-corrected chi connectivity index (χ0v) is 60.4. The Bertz CT molecular complexity index is 5390. The molecule has 3 heterocycles. The Morgan fingerprint density at radius 2 is 0.377 bits per heavy atom. The summed E-state index contributed by atoms with van der Waals surface area (Å²) in [6.45, 7) is 8.59. The van der Waals surface area contributed by atoms with Crippen molar-refractivity contribution in [2.45, 2.75) is 65.2 Å². The van der Waals surface area contributed by atoms with E-state index in [1.54, 1.807) is 0 Å². The number of benzene rings is 15. The first-order chi connectivity index (χ1) is 52.2. The molecule has 6 nitrogen and oxygen atoms in total. The van der Waals surface area contributed by atoms with Crippen LogP contribution < -0.4 is 14.7 Å². The van der Waals surface area contributed by atoms with Crippen LogP contribution in [-0.4, -0.2) is 13.7 Å². The molecule has 0 saturated heterocycles. The summed E-state index contributed by atoms with van der Waals surface area (Å²) in [7, 11) is 0. The summed E-state index contributed by atoms with van der Waals surface area (Å²) in [4.78, 5) is 7.10. The van der Waals surface area contributed by atoms with Gasteiger partial charge < -0.3 is 28.4 Å². The van der Waals surface area contributed by atoms with E-state index in [1.807, 2.05) is 0 Å². The summed E-state index contributed by atoms with van der Waals surface area (Å²) in [5.74, 6) is 0. The number of para-hydroxylation sites is 6. The standard InChI is InChI=1S/C54H36N4.C46H46N2/c1-7-19-49-43(13-1)44-14-2-8-20-50(44)56(49)40-31-25-37(26-32-40)55(38-27-33-41(34-28-38)57-51-21-9-3-15-45(51)46-16-4-10-22-52(46)57)39-29-35-42(36-30-39)58-53-23-11-5-17-47(53)48-18-6-12-24-54(48)58;1-34-8-20-40(21-9-34)47(41-22-10-35(2)11-23-41)44-28-16-38(17-29-44)46(32-6-5-7-33-46)39-18-30-45(31-19-39)48(42-24-12-36(3)13-25-42)43-26-14-37(4)15-27-43/h1-36H;8-31H,5-7,32-33H2,1-4H3. The van der Waals surface area contributed by atoms with Crippen LogP contribution in [0, 0.1) is 27.7 Å². The summed E-state index contributed by atoms with van der Waals surface area (Å²) in [5.41, 5.74) is 28.8. The number of hydrogen-bond donors (Lipinski definition) is 0. The number of nitrogens with zero attached hydrogens (tertiary/aromatic N) is 6. The lowest BCUT2D eigenvalue weighted by atomic mass is 9.65. The topological polar surface area (TPSA) is 24.5 Å². The van der Waals surface area contributed by atoms with Crippen molar-refractivity contribution in [2.75, 3.05) is 14.7 Å². The van der Waals surface area contributed by atoms with Crippen molar-refractivity contribution in [1.29, 1.82) is 0 Å². The summed E-state index contributed by atoms with van der Waals surface area (Å²) < 4.78 is 7.12. The molecule has 6 heteroatoms. The van der Waals surface area contributed by atoms with Gasteiger partial charge in [0.05, 0.1) is 33.1 Å². The molecule has 0 aliphatic heterocycles. The van der Waals surface area contributed by atoms with Gasteiger partial charge in [-0.3, -0.25) is 0 Å². The van der Waals surface area contributed by atoms with Gasteiger partial charge in [-0.05, 0) is 234 Å². The highest BCUT2D eigenvalue weighted by Gasteiger charge is 2.36. The van der Waals surface area contributed by atoms with Crippen molar-refractivity contribution in [3.8, 4) is 17.1 Å². The van der Waals surface area contributed by atoms with Gasteiger partial charge in [0.25, 0.3) is 0 Å². The van der Waals surface area contributed by atoms with Gasteiger partial charge in [0.2, 0.25) is 0 Å². The minimum absolute atomic E-state index is 0.00636. The Balaban J connectivity index is 0.000000153. The van der Waals surface area contributed by atoms with E-state index >= 15 is 0 Å². The van der Waals surface area contributed by atoms with Gasteiger partial charge >= 0.3 is 0 Å². The fourth-order valence-electron chi connectivity index (χ4n) is 16.7. The molecule has 0 unspecified atom stereocenters. The molecule has 15 aromatic carbocycles. The molecule has 0 atom stereocenters. The van der Waals surface area contributed by atoms with Crippen molar-refractivity contribution in [2.24, 2.45) is 0 Å². The van der Waals surface area contributed by atoms with E-state index in [2.05, 4.69) is 420 Å². The van der Waals surface area contributed by atoms with Crippen LogP contribution in [0.1, 0.15) is 65.5 Å². The smallest absolute Gasteiger partial charge is 0.0541 e. The van der Waals surface area contributed by atoms with Crippen LogP contribution in [-0.2, 0) is 5.41 Å². The number of rotatable bonds is 14. The van der Waals surface area contributed by atoms with Gasteiger partial charge in [0, 0.05) is 106 Å². The largest absolute Gasteiger partial charge is 0.311 e. The Hall–Kier alpha value is -12.9. The molecule has 0 bridgehead atoms. The van der Waals surface area contributed by atoms with E-state index in [-0.39, 0.29) is 5.41 Å². The van der Waals surface area contributed by atoms with Crippen molar-refractivity contribution >= 4 is 117 Å². The molecule has 0 radical (unpaired) electrons. The monoisotopic (exact) mass is 1370 g/mol. The average molecular weight is 1370 g/mol. The highest BCUT2D eigenvalue weighted by molar-refractivity contribution is 6.11. The van der Waals surface area contributed by atoms with Crippen LogP contribution in [0.3, 0.4) is 0 Å². The van der Waals surface area contributed by atoms with E-state index in [1.165, 1.54) is 165 Å². The molecule has 18 aromatic rings. The summed E-state index contributed by atoms with van der Waals surface area (Å²) >= 11 is 0. The lowest BCUT2D eigenvalue weighted by molar-refractivity contribution is 0.346. The Labute approximate surface area is 620 Å². The minimum Gasteiger partial charge on any atom is -0.311 e. The normalized spacial score (nSPS) is 12.8. The maximum absolute atomic E-state index is 2.40. The van der Waals surface area contributed by atoms with Gasteiger partial charge in [-0.25, -0.2) is 0 Å². The average Bonchev–Trinajstić information content (AvgIpc) is 1.52. The SMILES string of the molecule is Cc1ccc(N(c2ccc(C)cc2)c2ccc(C3(c4ccc(N(c5ccc(C)cc5)c5ccc(C)cc5)cc4)CCCCC3)cc2)cc1.c1ccc2c(c1)c1ccccc1n2-c1ccc(N(c2ccc(-n3c4ccccc4c4ccccc43)cc2)c2ccc(-n3c4ccccc4c4ccccc43)cc2)cc1. The van der Waals surface area contributed by atoms with Gasteiger partial charge in [0.15, 0.2) is 0 Å². The van der Waals surface area contributed by atoms with Gasteiger partial charge in [-0.1, -0.05) is 224 Å². The van der Waals surface area contributed by atoms with Crippen molar-refractivity contribution in [3.05, 3.63) is 397 Å². The van der Waals surface area contributed by atoms with E-state index in [9.17, 15) is 0 Å². The molecule has 3 aromatic heterocycles. The number of hydrogen-bond acceptors (Lipinski definition) is 3. The lowest BCUT2D eigenvalue weighted by Crippen LogP contribution is -2.30. The second-order valence-electron chi connectivity index (χ2n) is 28.7. The predicted octanol–water partition coefficient (Wildman–Crippen LogP) is 27.6. The summed E-state index contributed by atoms with van der Waals surface area (Å²) in [6.07, 6.45) is 6.15. The second-order valence-corrected chi connectivity index (χ2v) is 28.7. The number of aryl methyl sites for hydroxylation is 4. The van der Waals surface area contributed by atoms with E-state index < -0.39 is 0 Å².